The zero-order chi connectivity index (χ0) is 14.4. The van der Waals surface area contributed by atoms with Crippen LogP contribution in [0.3, 0.4) is 0 Å². The van der Waals surface area contributed by atoms with Gasteiger partial charge in [0.25, 0.3) is 5.91 Å². The Hall–Kier alpha value is -0.870. The molecule has 0 aliphatic rings. The van der Waals surface area contributed by atoms with E-state index in [-0.39, 0.29) is 5.91 Å². The van der Waals surface area contributed by atoms with Gasteiger partial charge in [-0.2, -0.15) is 0 Å². The van der Waals surface area contributed by atoms with Gasteiger partial charge < -0.3 is 10.2 Å². The highest BCUT2D eigenvalue weighted by Crippen LogP contribution is 2.17. The van der Waals surface area contributed by atoms with Gasteiger partial charge in [0.2, 0.25) is 0 Å². The molecule has 1 aromatic carbocycles. The molecule has 1 rings (SSSR count). The lowest BCUT2D eigenvalue weighted by Crippen LogP contribution is -2.37. The van der Waals surface area contributed by atoms with E-state index in [1.165, 1.54) is 0 Å². The number of nitrogens with zero attached hydrogens (tertiary/aromatic N) is 1. The summed E-state index contributed by atoms with van der Waals surface area (Å²) in [5.41, 5.74) is 1.83. The molecule has 0 spiro atoms. The van der Waals surface area contributed by atoms with E-state index < -0.39 is 0 Å². The Morgan fingerprint density at radius 3 is 2.74 bits per heavy atom. The molecule has 19 heavy (non-hydrogen) atoms. The monoisotopic (exact) mass is 326 g/mol. The molecule has 4 heteroatoms. The molecule has 1 atom stereocenters. The van der Waals surface area contributed by atoms with Crippen molar-refractivity contribution in [3.63, 3.8) is 0 Å². The number of likely N-dealkylation sites (N-methyl/N-ethyl adjacent to an activating group) is 1. The molecule has 0 fully saturated rings. The van der Waals surface area contributed by atoms with Crippen LogP contribution >= 0.6 is 15.9 Å². The molecule has 106 valence electrons. The smallest absolute Gasteiger partial charge is 0.251 e. The minimum atomic E-state index is -0.0155. The fraction of sp³-hybridized carbons (Fsp3) is 0.533. The lowest BCUT2D eigenvalue weighted by Gasteiger charge is -2.23. The Bertz CT molecular complexity index is 434. The minimum Gasteiger partial charge on any atom is -0.351 e. The van der Waals surface area contributed by atoms with E-state index in [0.717, 1.165) is 23.0 Å². The van der Waals surface area contributed by atoms with Gasteiger partial charge in [-0.05, 0) is 45.0 Å². The van der Waals surface area contributed by atoms with Gasteiger partial charge >= 0.3 is 0 Å². The predicted molar refractivity (Wildman–Crippen MR) is 83.6 cm³/mol. The molecule has 0 bridgehead atoms. The van der Waals surface area contributed by atoms with E-state index in [0.29, 0.717) is 18.2 Å². The number of aryl methyl sites for hydroxylation is 1. The summed E-state index contributed by atoms with van der Waals surface area (Å²) in [4.78, 5) is 14.2. The van der Waals surface area contributed by atoms with E-state index in [1.807, 2.05) is 25.1 Å². The highest BCUT2D eigenvalue weighted by atomic mass is 79.9. The number of carbonyl (C=O) groups is 1. The van der Waals surface area contributed by atoms with E-state index in [4.69, 9.17) is 0 Å². The molecule has 0 heterocycles. The van der Waals surface area contributed by atoms with Crippen LogP contribution in [-0.2, 0) is 0 Å². The van der Waals surface area contributed by atoms with Crippen LogP contribution in [0.5, 0.6) is 0 Å². The van der Waals surface area contributed by atoms with Gasteiger partial charge in [-0.1, -0.05) is 28.9 Å². The average Bonchev–Trinajstić information content (AvgIpc) is 2.40. The van der Waals surface area contributed by atoms with Crippen molar-refractivity contribution in [2.75, 3.05) is 20.1 Å². The average molecular weight is 327 g/mol. The van der Waals surface area contributed by atoms with Crippen molar-refractivity contribution in [2.24, 2.45) is 0 Å². The van der Waals surface area contributed by atoms with Crippen LogP contribution < -0.4 is 5.32 Å². The molecule has 0 aliphatic heterocycles. The third-order valence-corrected chi connectivity index (χ3v) is 4.38. The van der Waals surface area contributed by atoms with Crippen LogP contribution in [-0.4, -0.2) is 37.0 Å². The molecule has 0 saturated carbocycles. The van der Waals surface area contributed by atoms with Gasteiger partial charge in [0.15, 0.2) is 0 Å². The Morgan fingerprint density at radius 1 is 1.47 bits per heavy atom. The van der Waals surface area contributed by atoms with E-state index >= 15 is 0 Å². The van der Waals surface area contributed by atoms with Gasteiger partial charge in [-0.3, -0.25) is 4.79 Å². The number of nitrogens with one attached hydrogen (secondary N) is 1. The summed E-state index contributed by atoms with van der Waals surface area (Å²) in [5, 5.41) is 2.95. The van der Waals surface area contributed by atoms with E-state index in [2.05, 4.69) is 47.0 Å². The van der Waals surface area contributed by atoms with Crippen LogP contribution in [0.15, 0.2) is 22.7 Å². The third kappa shape index (κ3) is 4.96. The number of hydrogen-bond acceptors (Lipinski definition) is 2. The predicted octanol–water partition coefficient (Wildman–Crippen LogP) is 3.22. The molecule has 1 unspecified atom stereocenters. The number of carbonyl (C=O) groups excluding carboxylic acids is 1. The minimum absolute atomic E-state index is 0.0155. The zero-order valence-electron chi connectivity index (χ0n) is 12.2. The van der Waals surface area contributed by atoms with Gasteiger partial charge in [-0.15, -0.1) is 0 Å². The Morgan fingerprint density at radius 2 is 2.16 bits per heavy atom. The first-order valence-corrected chi connectivity index (χ1v) is 7.49. The van der Waals surface area contributed by atoms with Crippen molar-refractivity contribution in [1.29, 1.82) is 0 Å². The first-order valence-electron chi connectivity index (χ1n) is 6.70. The maximum atomic E-state index is 12.0. The number of halogens is 1. The molecular weight excluding hydrogens is 304 g/mol. The highest BCUT2D eigenvalue weighted by molar-refractivity contribution is 9.10. The Balaban J connectivity index is 2.45. The summed E-state index contributed by atoms with van der Waals surface area (Å²) >= 11 is 3.45. The molecule has 1 amide bonds. The third-order valence-electron chi connectivity index (χ3n) is 3.53. The van der Waals surface area contributed by atoms with Crippen molar-refractivity contribution in [1.82, 2.24) is 10.2 Å². The summed E-state index contributed by atoms with van der Waals surface area (Å²) in [6.45, 7) is 7.91. The molecule has 0 aliphatic carbocycles. The van der Waals surface area contributed by atoms with Gasteiger partial charge in [0, 0.05) is 29.2 Å². The van der Waals surface area contributed by atoms with Gasteiger partial charge in [0.1, 0.15) is 0 Å². The second kappa shape index (κ2) is 7.65. The molecule has 1 aromatic rings. The molecule has 0 aromatic heterocycles. The summed E-state index contributed by atoms with van der Waals surface area (Å²) in [6, 6.07) is 6.21. The second-order valence-corrected chi connectivity index (χ2v) is 5.81. The van der Waals surface area contributed by atoms with Crippen molar-refractivity contribution in [3.05, 3.63) is 33.8 Å². The highest BCUT2D eigenvalue weighted by Gasteiger charge is 2.09. The molecule has 1 N–H and O–H groups in total. The maximum Gasteiger partial charge on any atom is 0.251 e. The molecular formula is C15H23BrN2O. The first-order chi connectivity index (χ1) is 8.95. The number of hydrogen-bond donors (Lipinski definition) is 1. The van der Waals surface area contributed by atoms with Crippen LogP contribution in [0.2, 0.25) is 0 Å². The van der Waals surface area contributed by atoms with Gasteiger partial charge in [0.05, 0.1) is 0 Å². The zero-order valence-corrected chi connectivity index (χ0v) is 13.8. The first kappa shape index (κ1) is 16.2. The molecule has 0 saturated heterocycles. The summed E-state index contributed by atoms with van der Waals surface area (Å²) in [7, 11) is 2.09. The summed E-state index contributed by atoms with van der Waals surface area (Å²) < 4.78 is 0.969. The van der Waals surface area contributed by atoms with Crippen molar-refractivity contribution in [3.8, 4) is 0 Å². The van der Waals surface area contributed by atoms with Gasteiger partial charge in [-0.25, -0.2) is 0 Å². The van der Waals surface area contributed by atoms with Crippen LogP contribution in [0, 0.1) is 6.92 Å². The summed E-state index contributed by atoms with van der Waals surface area (Å²) in [6.07, 6.45) is 1.12. The number of benzene rings is 1. The maximum absolute atomic E-state index is 12.0. The van der Waals surface area contributed by atoms with Crippen LogP contribution in [0.4, 0.5) is 0 Å². The van der Waals surface area contributed by atoms with Crippen molar-refractivity contribution >= 4 is 21.8 Å². The largest absolute Gasteiger partial charge is 0.351 e. The van der Waals surface area contributed by atoms with Crippen LogP contribution in [0.25, 0.3) is 0 Å². The second-order valence-electron chi connectivity index (χ2n) is 4.96. The normalized spacial score (nSPS) is 12.5. The Labute approximate surface area is 124 Å². The lowest BCUT2D eigenvalue weighted by molar-refractivity contribution is 0.0947. The van der Waals surface area contributed by atoms with Crippen LogP contribution in [0.1, 0.15) is 36.2 Å². The Kier molecular flexibility index (Phi) is 6.52. The van der Waals surface area contributed by atoms with E-state index in [9.17, 15) is 4.79 Å². The number of amides is 1. The fourth-order valence-electron chi connectivity index (χ4n) is 1.71. The van der Waals surface area contributed by atoms with Crippen molar-refractivity contribution in [2.45, 2.75) is 33.2 Å². The van der Waals surface area contributed by atoms with Crippen molar-refractivity contribution < 1.29 is 4.79 Å². The summed E-state index contributed by atoms with van der Waals surface area (Å²) in [5.74, 6) is -0.0155. The number of rotatable bonds is 6. The molecule has 3 nitrogen and oxygen atoms in total. The quantitative estimate of drug-likeness (QED) is 0.870. The molecule has 0 radical (unpaired) electrons. The fourth-order valence-corrected chi connectivity index (χ4v) is 2.09. The standard InChI is InChI=1S/C15H23BrN2O/c1-5-12(3)18(4)9-8-17-15(19)13-7-6-11(2)14(16)10-13/h6-7,10,12H,5,8-9H2,1-4H3,(H,17,19). The topological polar surface area (TPSA) is 32.3 Å². The van der Waals surface area contributed by atoms with E-state index in [1.54, 1.807) is 0 Å². The lowest BCUT2D eigenvalue weighted by atomic mass is 10.1. The SMILES string of the molecule is CCC(C)N(C)CCNC(=O)c1ccc(C)c(Br)c1.